The lowest BCUT2D eigenvalue weighted by Gasteiger charge is -2.21. The second kappa shape index (κ2) is 5.40. The number of nitrogens with one attached hydrogen (secondary N) is 1. The molecule has 1 saturated heterocycles. The summed E-state index contributed by atoms with van der Waals surface area (Å²) in [5, 5.41) is 2.72. The summed E-state index contributed by atoms with van der Waals surface area (Å²) >= 11 is 0. The number of hydrogen-bond acceptors (Lipinski definition) is 2. The molecule has 4 nitrogen and oxygen atoms in total. The summed E-state index contributed by atoms with van der Waals surface area (Å²) in [4.78, 5) is 24.8. The highest BCUT2D eigenvalue weighted by Gasteiger charge is 2.28. The lowest BCUT2D eigenvalue weighted by atomic mass is 10.1. The van der Waals surface area contributed by atoms with Gasteiger partial charge in [-0.3, -0.25) is 9.59 Å². The minimum absolute atomic E-state index is 0.0550. The van der Waals surface area contributed by atoms with E-state index in [9.17, 15) is 9.59 Å². The van der Waals surface area contributed by atoms with E-state index >= 15 is 0 Å². The molecule has 1 aliphatic heterocycles. The van der Waals surface area contributed by atoms with E-state index in [4.69, 9.17) is 6.42 Å². The van der Waals surface area contributed by atoms with Crippen LogP contribution >= 0.6 is 0 Å². The second-order valence-corrected chi connectivity index (χ2v) is 3.62. The van der Waals surface area contributed by atoms with Gasteiger partial charge >= 0.3 is 0 Å². The van der Waals surface area contributed by atoms with E-state index in [-0.39, 0.29) is 18.4 Å². The van der Waals surface area contributed by atoms with Crippen molar-refractivity contribution in [2.24, 2.45) is 0 Å². The molecular formula is C11H16N2O2. The predicted molar refractivity (Wildman–Crippen MR) is 56.9 cm³/mol. The number of carbonyl (C=O) groups is 2. The molecule has 0 aromatic heterocycles. The number of rotatable bonds is 3. The maximum absolute atomic E-state index is 11.9. The lowest BCUT2D eigenvalue weighted by molar-refractivity contribution is -0.133. The first-order valence-electron chi connectivity index (χ1n) is 5.20. The van der Waals surface area contributed by atoms with Crippen LogP contribution in [-0.2, 0) is 9.59 Å². The van der Waals surface area contributed by atoms with Crippen LogP contribution in [0.3, 0.4) is 0 Å². The van der Waals surface area contributed by atoms with Crippen LogP contribution in [0.4, 0.5) is 0 Å². The summed E-state index contributed by atoms with van der Waals surface area (Å²) < 4.78 is 0. The van der Waals surface area contributed by atoms with Gasteiger partial charge in [0.05, 0.1) is 6.54 Å². The van der Waals surface area contributed by atoms with Crippen LogP contribution in [0.25, 0.3) is 0 Å². The molecule has 0 radical (unpaired) electrons. The Morgan fingerprint density at radius 1 is 1.60 bits per heavy atom. The van der Waals surface area contributed by atoms with Gasteiger partial charge in [-0.2, -0.15) is 0 Å². The molecule has 15 heavy (non-hydrogen) atoms. The Bertz CT molecular complexity index is 293. The SMILES string of the molecule is C#CCN1CCC(=O)NC(CCC)C1=O. The van der Waals surface area contributed by atoms with Crippen LogP contribution in [0.15, 0.2) is 0 Å². The molecule has 1 unspecified atom stereocenters. The van der Waals surface area contributed by atoms with Crippen molar-refractivity contribution in [1.29, 1.82) is 0 Å². The molecule has 0 aromatic carbocycles. The Labute approximate surface area is 90.0 Å². The third-order valence-corrected chi connectivity index (χ3v) is 2.41. The molecule has 1 N–H and O–H groups in total. The molecule has 0 spiro atoms. The Morgan fingerprint density at radius 2 is 2.33 bits per heavy atom. The Kier molecular flexibility index (Phi) is 4.17. The molecule has 1 fully saturated rings. The predicted octanol–water partition coefficient (Wildman–Crippen LogP) is 0.137. The molecule has 0 bridgehead atoms. The second-order valence-electron chi connectivity index (χ2n) is 3.62. The van der Waals surface area contributed by atoms with E-state index in [1.54, 1.807) is 4.90 Å². The first-order valence-corrected chi connectivity index (χ1v) is 5.20. The number of carbonyl (C=O) groups excluding carboxylic acids is 2. The first-order chi connectivity index (χ1) is 7.19. The van der Waals surface area contributed by atoms with E-state index in [0.29, 0.717) is 19.4 Å². The molecule has 1 rings (SSSR count). The Balaban J connectivity index is 2.73. The van der Waals surface area contributed by atoms with Gasteiger partial charge in [0.15, 0.2) is 0 Å². The molecule has 2 amide bonds. The minimum Gasteiger partial charge on any atom is -0.344 e. The molecule has 1 atom stereocenters. The van der Waals surface area contributed by atoms with Crippen molar-refractivity contribution in [3.8, 4) is 12.3 Å². The van der Waals surface area contributed by atoms with Gasteiger partial charge in [-0.25, -0.2) is 0 Å². The maximum atomic E-state index is 11.9. The van der Waals surface area contributed by atoms with E-state index in [1.165, 1.54) is 0 Å². The summed E-state index contributed by atoms with van der Waals surface area (Å²) in [6, 6.07) is -0.390. The number of hydrogen-bond donors (Lipinski definition) is 1. The van der Waals surface area contributed by atoms with Gasteiger partial charge < -0.3 is 10.2 Å². The van der Waals surface area contributed by atoms with E-state index < -0.39 is 6.04 Å². The van der Waals surface area contributed by atoms with Crippen molar-refractivity contribution in [3.63, 3.8) is 0 Å². The van der Waals surface area contributed by atoms with E-state index in [0.717, 1.165) is 6.42 Å². The van der Waals surface area contributed by atoms with Crippen LogP contribution in [0.2, 0.25) is 0 Å². The monoisotopic (exact) mass is 208 g/mol. The molecule has 1 heterocycles. The van der Waals surface area contributed by atoms with Crippen molar-refractivity contribution in [3.05, 3.63) is 0 Å². The molecule has 0 aliphatic carbocycles. The van der Waals surface area contributed by atoms with Crippen LogP contribution < -0.4 is 5.32 Å². The summed E-state index contributed by atoms with van der Waals surface area (Å²) in [6.07, 6.45) is 7.05. The molecule has 1 aliphatic rings. The van der Waals surface area contributed by atoms with Crippen molar-refractivity contribution in [2.45, 2.75) is 32.2 Å². The van der Waals surface area contributed by atoms with Gasteiger partial charge in [0.25, 0.3) is 0 Å². The zero-order valence-electron chi connectivity index (χ0n) is 8.95. The summed E-state index contributed by atoms with van der Waals surface area (Å²) in [7, 11) is 0. The van der Waals surface area contributed by atoms with Gasteiger partial charge in [-0.05, 0) is 6.42 Å². The molecular weight excluding hydrogens is 192 g/mol. The standard InChI is InChI=1S/C11H16N2O2/c1-3-5-9-11(15)13(7-4-2)8-6-10(14)12-9/h2,9H,3,5-8H2,1H3,(H,12,14). The fourth-order valence-corrected chi connectivity index (χ4v) is 1.65. The number of amides is 2. The highest BCUT2D eigenvalue weighted by Crippen LogP contribution is 2.07. The summed E-state index contributed by atoms with van der Waals surface area (Å²) in [5.41, 5.74) is 0. The largest absolute Gasteiger partial charge is 0.344 e. The lowest BCUT2D eigenvalue weighted by Crippen LogP contribution is -2.44. The maximum Gasteiger partial charge on any atom is 0.245 e. The van der Waals surface area contributed by atoms with Gasteiger partial charge in [-0.1, -0.05) is 19.3 Å². The normalized spacial score (nSPS) is 21.9. The molecule has 82 valence electrons. The van der Waals surface area contributed by atoms with Gasteiger partial charge in [0, 0.05) is 13.0 Å². The van der Waals surface area contributed by atoms with Crippen molar-refractivity contribution in [1.82, 2.24) is 10.2 Å². The summed E-state index contributed by atoms with van der Waals surface area (Å²) in [6.45, 7) is 2.69. The fraction of sp³-hybridized carbons (Fsp3) is 0.636. The van der Waals surface area contributed by atoms with Gasteiger partial charge in [0.1, 0.15) is 6.04 Å². The minimum atomic E-state index is -0.390. The zero-order chi connectivity index (χ0) is 11.3. The topological polar surface area (TPSA) is 49.4 Å². The third-order valence-electron chi connectivity index (χ3n) is 2.41. The summed E-state index contributed by atoms with van der Waals surface area (Å²) in [5.74, 6) is 2.32. The Hall–Kier alpha value is -1.50. The van der Waals surface area contributed by atoms with Crippen LogP contribution in [0.1, 0.15) is 26.2 Å². The highest BCUT2D eigenvalue weighted by atomic mass is 16.2. The van der Waals surface area contributed by atoms with E-state index in [1.807, 2.05) is 6.92 Å². The van der Waals surface area contributed by atoms with Crippen molar-refractivity contribution in [2.75, 3.05) is 13.1 Å². The smallest absolute Gasteiger partial charge is 0.245 e. The van der Waals surface area contributed by atoms with Crippen molar-refractivity contribution < 1.29 is 9.59 Å². The fourth-order valence-electron chi connectivity index (χ4n) is 1.65. The molecule has 4 heteroatoms. The Morgan fingerprint density at radius 3 is 2.93 bits per heavy atom. The molecule has 0 saturated carbocycles. The molecule has 0 aromatic rings. The zero-order valence-corrected chi connectivity index (χ0v) is 8.95. The average Bonchev–Trinajstić information content (AvgIpc) is 2.33. The van der Waals surface area contributed by atoms with Crippen LogP contribution in [-0.4, -0.2) is 35.8 Å². The van der Waals surface area contributed by atoms with E-state index in [2.05, 4.69) is 11.2 Å². The van der Waals surface area contributed by atoms with Gasteiger partial charge in [-0.15, -0.1) is 6.42 Å². The quantitative estimate of drug-likeness (QED) is 0.670. The number of nitrogens with zero attached hydrogens (tertiary/aromatic N) is 1. The highest BCUT2D eigenvalue weighted by molar-refractivity contribution is 5.90. The van der Waals surface area contributed by atoms with Gasteiger partial charge in [0.2, 0.25) is 11.8 Å². The first kappa shape index (κ1) is 11.6. The third kappa shape index (κ3) is 2.98. The van der Waals surface area contributed by atoms with Crippen LogP contribution in [0, 0.1) is 12.3 Å². The van der Waals surface area contributed by atoms with Crippen molar-refractivity contribution >= 4 is 11.8 Å². The average molecular weight is 208 g/mol. The van der Waals surface area contributed by atoms with Crippen LogP contribution in [0.5, 0.6) is 0 Å². The number of terminal acetylenes is 1.